The van der Waals surface area contributed by atoms with Crippen molar-refractivity contribution in [2.24, 2.45) is 11.7 Å². The fourth-order valence-electron chi connectivity index (χ4n) is 2.82. The van der Waals surface area contributed by atoms with E-state index in [1.54, 1.807) is 4.90 Å². The molecule has 1 aliphatic rings. The van der Waals surface area contributed by atoms with Crippen molar-refractivity contribution in [1.29, 1.82) is 0 Å². The van der Waals surface area contributed by atoms with Crippen LogP contribution in [0, 0.1) is 5.92 Å². The fraction of sp³-hybridized carbons (Fsp3) is 0.562. The van der Waals surface area contributed by atoms with Crippen LogP contribution in [0.5, 0.6) is 0 Å². The first kappa shape index (κ1) is 19.8. The number of rotatable bonds is 4. The standard InChI is InChI=1S/C16H21F3N2O.ClH/c17-16(18,19)14-5-3-13(4-6-14)15(22)21-10-7-12(8-11-21)2-1-9-20;/h3-6,12H,1-2,7-11,20H2;1H. The molecule has 1 aromatic rings. The maximum atomic E-state index is 12.5. The van der Waals surface area contributed by atoms with Gasteiger partial charge in [0.25, 0.3) is 5.91 Å². The van der Waals surface area contributed by atoms with Crippen molar-refractivity contribution in [1.82, 2.24) is 4.90 Å². The lowest BCUT2D eigenvalue weighted by Gasteiger charge is -2.32. The third-order valence-corrected chi connectivity index (χ3v) is 4.18. The predicted octanol–water partition coefficient (Wildman–Crippen LogP) is 3.72. The Morgan fingerprint density at radius 3 is 2.22 bits per heavy atom. The van der Waals surface area contributed by atoms with Crippen molar-refractivity contribution >= 4 is 18.3 Å². The van der Waals surface area contributed by atoms with E-state index in [4.69, 9.17) is 5.73 Å². The van der Waals surface area contributed by atoms with Gasteiger partial charge in [0.1, 0.15) is 0 Å². The first-order valence-electron chi connectivity index (χ1n) is 7.58. The predicted molar refractivity (Wildman–Crippen MR) is 85.6 cm³/mol. The highest BCUT2D eigenvalue weighted by molar-refractivity contribution is 5.94. The number of likely N-dealkylation sites (tertiary alicyclic amines) is 1. The molecule has 3 nitrogen and oxygen atoms in total. The number of hydrogen-bond donors (Lipinski definition) is 1. The van der Waals surface area contributed by atoms with Gasteiger partial charge in [0.2, 0.25) is 0 Å². The minimum absolute atomic E-state index is 0. The second kappa shape index (κ2) is 8.55. The van der Waals surface area contributed by atoms with E-state index in [0.717, 1.165) is 37.8 Å². The van der Waals surface area contributed by atoms with Crippen LogP contribution in [-0.2, 0) is 6.18 Å². The average molecular weight is 351 g/mol. The summed E-state index contributed by atoms with van der Waals surface area (Å²) in [5.74, 6) is 0.409. The molecule has 0 atom stereocenters. The van der Waals surface area contributed by atoms with Gasteiger partial charge < -0.3 is 10.6 Å². The van der Waals surface area contributed by atoms with Gasteiger partial charge in [-0.2, -0.15) is 13.2 Å². The van der Waals surface area contributed by atoms with Crippen molar-refractivity contribution in [2.75, 3.05) is 19.6 Å². The van der Waals surface area contributed by atoms with Crippen molar-refractivity contribution in [2.45, 2.75) is 31.9 Å². The Hall–Kier alpha value is -1.27. The molecule has 0 unspecified atom stereocenters. The van der Waals surface area contributed by atoms with Gasteiger partial charge in [0, 0.05) is 18.7 Å². The van der Waals surface area contributed by atoms with Gasteiger partial charge in [-0.3, -0.25) is 4.79 Å². The lowest BCUT2D eigenvalue weighted by atomic mass is 9.92. The first-order chi connectivity index (χ1) is 10.4. The number of carbonyl (C=O) groups excluding carboxylic acids is 1. The molecule has 1 saturated heterocycles. The Morgan fingerprint density at radius 1 is 1.17 bits per heavy atom. The zero-order valence-corrected chi connectivity index (χ0v) is 13.6. The maximum Gasteiger partial charge on any atom is 0.416 e. The Balaban J connectivity index is 0.00000264. The summed E-state index contributed by atoms with van der Waals surface area (Å²) < 4.78 is 37.5. The molecule has 2 N–H and O–H groups in total. The highest BCUT2D eigenvalue weighted by atomic mass is 35.5. The van der Waals surface area contributed by atoms with Crippen LogP contribution in [-0.4, -0.2) is 30.4 Å². The smallest absolute Gasteiger partial charge is 0.339 e. The van der Waals surface area contributed by atoms with Crippen molar-refractivity contribution in [3.8, 4) is 0 Å². The van der Waals surface area contributed by atoms with E-state index in [1.807, 2.05) is 0 Å². The van der Waals surface area contributed by atoms with Gasteiger partial charge in [-0.1, -0.05) is 0 Å². The Labute approximate surface area is 140 Å². The van der Waals surface area contributed by atoms with E-state index in [1.165, 1.54) is 12.1 Å². The number of nitrogens with zero attached hydrogens (tertiary/aromatic N) is 1. The largest absolute Gasteiger partial charge is 0.416 e. The molecule has 23 heavy (non-hydrogen) atoms. The van der Waals surface area contributed by atoms with Crippen LogP contribution in [0.3, 0.4) is 0 Å². The minimum atomic E-state index is -4.37. The lowest BCUT2D eigenvalue weighted by Crippen LogP contribution is -2.38. The first-order valence-corrected chi connectivity index (χ1v) is 7.58. The number of halogens is 4. The number of amides is 1. The molecular weight excluding hydrogens is 329 g/mol. The molecular formula is C16H22ClF3N2O. The monoisotopic (exact) mass is 350 g/mol. The van der Waals surface area contributed by atoms with E-state index in [2.05, 4.69) is 0 Å². The van der Waals surface area contributed by atoms with E-state index in [-0.39, 0.29) is 18.3 Å². The second-order valence-electron chi connectivity index (χ2n) is 5.74. The number of hydrogen-bond acceptors (Lipinski definition) is 2. The Morgan fingerprint density at radius 2 is 1.74 bits per heavy atom. The summed E-state index contributed by atoms with van der Waals surface area (Å²) in [7, 11) is 0. The molecule has 0 radical (unpaired) electrons. The van der Waals surface area contributed by atoms with Gasteiger partial charge in [-0.15, -0.1) is 12.4 Å². The average Bonchev–Trinajstić information content (AvgIpc) is 2.52. The SMILES string of the molecule is Cl.NCCCC1CCN(C(=O)c2ccc(C(F)(F)F)cc2)CC1. The summed E-state index contributed by atoms with van der Waals surface area (Å²) in [6, 6.07) is 4.43. The molecule has 0 aliphatic carbocycles. The van der Waals surface area contributed by atoms with E-state index in [9.17, 15) is 18.0 Å². The highest BCUT2D eigenvalue weighted by Crippen LogP contribution is 2.29. The quantitative estimate of drug-likeness (QED) is 0.899. The van der Waals surface area contributed by atoms with Crippen molar-refractivity contribution in [3.63, 3.8) is 0 Å². The number of carbonyl (C=O) groups is 1. The molecule has 1 heterocycles. The van der Waals surface area contributed by atoms with Crippen LogP contribution in [0.2, 0.25) is 0 Å². The molecule has 0 aromatic heterocycles. The summed E-state index contributed by atoms with van der Waals surface area (Å²) >= 11 is 0. The zero-order valence-electron chi connectivity index (χ0n) is 12.8. The number of benzene rings is 1. The zero-order chi connectivity index (χ0) is 16.2. The molecule has 7 heteroatoms. The summed E-state index contributed by atoms with van der Waals surface area (Å²) in [5.41, 5.74) is 5.08. The van der Waals surface area contributed by atoms with E-state index < -0.39 is 11.7 Å². The normalized spacial score (nSPS) is 16.1. The molecule has 1 fully saturated rings. The van der Waals surface area contributed by atoms with Crippen LogP contribution < -0.4 is 5.73 Å². The van der Waals surface area contributed by atoms with Gasteiger partial charge in [0.05, 0.1) is 5.56 Å². The number of piperidine rings is 1. The summed E-state index contributed by atoms with van der Waals surface area (Å²) in [4.78, 5) is 14.0. The van der Waals surface area contributed by atoms with E-state index in [0.29, 0.717) is 31.1 Å². The number of nitrogens with two attached hydrogens (primary N) is 1. The van der Waals surface area contributed by atoms with Gasteiger partial charge in [-0.25, -0.2) is 0 Å². The van der Waals surface area contributed by atoms with Crippen LogP contribution >= 0.6 is 12.4 Å². The second-order valence-corrected chi connectivity index (χ2v) is 5.74. The molecule has 1 aromatic carbocycles. The van der Waals surface area contributed by atoms with Gasteiger partial charge in [-0.05, 0) is 62.4 Å². The topological polar surface area (TPSA) is 46.3 Å². The molecule has 130 valence electrons. The Kier molecular flexibility index (Phi) is 7.35. The van der Waals surface area contributed by atoms with Gasteiger partial charge >= 0.3 is 6.18 Å². The summed E-state index contributed by atoms with van der Waals surface area (Å²) in [6.45, 7) is 2.01. The maximum absolute atomic E-state index is 12.5. The summed E-state index contributed by atoms with van der Waals surface area (Å²) in [5, 5.41) is 0. The molecule has 0 saturated carbocycles. The summed E-state index contributed by atoms with van der Waals surface area (Å²) in [6.07, 6.45) is -0.419. The highest BCUT2D eigenvalue weighted by Gasteiger charge is 2.30. The minimum Gasteiger partial charge on any atom is -0.339 e. The van der Waals surface area contributed by atoms with Crippen LogP contribution in [0.1, 0.15) is 41.6 Å². The van der Waals surface area contributed by atoms with Crippen LogP contribution in [0.15, 0.2) is 24.3 Å². The number of alkyl halides is 3. The molecule has 0 bridgehead atoms. The molecule has 2 rings (SSSR count). The van der Waals surface area contributed by atoms with Gasteiger partial charge in [0.15, 0.2) is 0 Å². The lowest BCUT2D eigenvalue weighted by molar-refractivity contribution is -0.137. The Bertz CT molecular complexity index is 497. The van der Waals surface area contributed by atoms with Crippen molar-refractivity contribution in [3.05, 3.63) is 35.4 Å². The van der Waals surface area contributed by atoms with Crippen LogP contribution in [0.25, 0.3) is 0 Å². The van der Waals surface area contributed by atoms with Crippen LogP contribution in [0.4, 0.5) is 13.2 Å². The third kappa shape index (κ3) is 5.39. The van der Waals surface area contributed by atoms with E-state index >= 15 is 0 Å². The third-order valence-electron chi connectivity index (χ3n) is 4.18. The molecule has 1 aliphatic heterocycles. The molecule has 1 amide bonds. The van der Waals surface area contributed by atoms with Crippen molar-refractivity contribution < 1.29 is 18.0 Å². The fourth-order valence-corrected chi connectivity index (χ4v) is 2.82. The molecule has 0 spiro atoms.